The summed E-state index contributed by atoms with van der Waals surface area (Å²) in [4.78, 5) is 28.5. The number of amides is 1. The molecule has 1 aliphatic heterocycles. The quantitative estimate of drug-likeness (QED) is 0.429. The van der Waals surface area contributed by atoms with Gasteiger partial charge in [-0.1, -0.05) is 48.5 Å². The Hall–Kier alpha value is -3.91. The third-order valence-corrected chi connectivity index (χ3v) is 7.44. The first kappa shape index (κ1) is 21.0. The summed E-state index contributed by atoms with van der Waals surface area (Å²) in [5, 5.41) is 1.56. The van der Waals surface area contributed by atoms with Gasteiger partial charge < -0.3 is 4.74 Å². The maximum Gasteiger partial charge on any atom is 0.335 e. The van der Waals surface area contributed by atoms with E-state index in [0.29, 0.717) is 10.9 Å². The van der Waals surface area contributed by atoms with Crippen molar-refractivity contribution in [3.05, 3.63) is 96.3 Å². The topological polar surface area (TPSA) is 85.7 Å². The third kappa shape index (κ3) is 3.22. The minimum Gasteiger partial charge on any atom is -0.464 e. The molecular formula is C25H20N2O5S. The zero-order valence-corrected chi connectivity index (χ0v) is 18.5. The Morgan fingerprint density at radius 3 is 2.45 bits per heavy atom. The molecule has 2 heterocycles. The maximum absolute atomic E-state index is 14.1. The highest BCUT2D eigenvalue weighted by Crippen LogP contribution is 2.40. The number of carbonyl (C=O) groups excluding carboxylic acids is 2. The van der Waals surface area contributed by atoms with Crippen LogP contribution < -0.4 is 4.90 Å². The summed E-state index contributed by atoms with van der Waals surface area (Å²) >= 11 is 0. The predicted molar refractivity (Wildman–Crippen MR) is 124 cm³/mol. The molecule has 0 bridgehead atoms. The average Bonchev–Trinajstić information content (AvgIpc) is 3.29. The smallest absolute Gasteiger partial charge is 0.335 e. The van der Waals surface area contributed by atoms with Crippen LogP contribution in [-0.2, 0) is 19.6 Å². The zero-order chi connectivity index (χ0) is 23.2. The molecule has 5 rings (SSSR count). The number of ether oxygens (including phenoxy) is 1. The van der Waals surface area contributed by atoms with E-state index in [0.717, 1.165) is 9.36 Å². The third-order valence-electron chi connectivity index (χ3n) is 5.69. The van der Waals surface area contributed by atoms with Crippen molar-refractivity contribution in [1.29, 1.82) is 0 Å². The van der Waals surface area contributed by atoms with Crippen molar-refractivity contribution in [2.75, 3.05) is 11.5 Å². The summed E-state index contributed by atoms with van der Waals surface area (Å²) in [6.07, 6.45) is 1.37. The van der Waals surface area contributed by atoms with Gasteiger partial charge in [-0.25, -0.2) is 17.2 Å². The molecule has 8 heteroatoms. The molecule has 3 aromatic carbocycles. The van der Waals surface area contributed by atoms with Crippen molar-refractivity contribution in [3.8, 4) is 0 Å². The van der Waals surface area contributed by atoms with Gasteiger partial charge >= 0.3 is 5.97 Å². The molecule has 0 spiro atoms. The number of fused-ring (bicyclic) bond motifs is 3. The summed E-state index contributed by atoms with van der Waals surface area (Å²) in [6, 6.07) is 20.7. The first-order chi connectivity index (χ1) is 15.9. The van der Waals surface area contributed by atoms with Crippen LogP contribution >= 0.6 is 0 Å². The van der Waals surface area contributed by atoms with Crippen molar-refractivity contribution < 1.29 is 22.7 Å². The molecule has 1 amide bonds. The van der Waals surface area contributed by atoms with E-state index >= 15 is 0 Å². The number of benzene rings is 3. The van der Waals surface area contributed by atoms with Crippen LogP contribution in [0.1, 0.15) is 29.0 Å². The van der Waals surface area contributed by atoms with Crippen LogP contribution in [0.2, 0.25) is 0 Å². The molecule has 1 aromatic heterocycles. The predicted octanol–water partition coefficient (Wildman–Crippen LogP) is 4.14. The Bertz CT molecular complexity index is 1500. The number of hydrogen-bond acceptors (Lipinski definition) is 5. The fraction of sp³-hybridized carbons (Fsp3) is 0.120. The minimum absolute atomic E-state index is 0.0668. The first-order valence-corrected chi connectivity index (χ1v) is 11.9. The Morgan fingerprint density at radius 2 is 1.64 bits per heavy atom. The lowest BCUT2D eigenvalue weighted by Gasteiger charge is -2.29. The van der Waals surface area contributed by atoms with Gasteiger partial charge in [0.25, 0.3) is 15.9 Å². The number of nitrogens with zero attached hydrogens (tertiary/aromatic N) is 2. The van der Waals surface area contributed by atoms with Gasteiger partial charge in [-0.3, -0.25) is 9.69 Å². The van der Waals surface area contributed by atoms with E-state index in [1.807, 2.05) is 30.3 Å². The van der Waals surface area contributed by atoms with Crippen LogP contribution in [0.15, 0.2) is 90.0 Å². The number of esters is 1. The minimum atomic E-state index is -4.05. The van der Waals surface area contributed by atoms with Crippen molar-refractivity contribution >= 4 is 38.4 Å². The van der Waals surface area contributed by atoms with Crippen LogP contribution in [0.3, 0.4) is 0 Å². The molecule has 4 aromatic rings. The largest absolute Gasteiger partial charge is 0.464 e. The van der Waals surface area contributed by atoms with Crippen LogP contribution in [0.5, 0.6) is 0 Å². The number of para-hydroxylation sites is 1. The van der Waals surface area contributed by atoms with Crippen LogP contribution in [0.25, 0.3) is 10.8 Å². The standard InChI is InChI=1S/C25H20N2O5S/c1-2-32-25(29)23-21-14-8-16-26(21)33(30,31)22-15-6-5-13-20(22)27(23)24(28)19-12-7-10-17-9-3-4-11-18(17)19/h3-16,23H,2H2,1H3. The van der Waals surface area contributed by atoms with E-state index in [-0.39, 0.29) is 22.9 Å². The molecule has 1 atom stereocenters. The molecule has 0 fully saturated rings. The molecule has 0 N–H and O–H groups in total. The highest BCUT2D eigenvalue weighted by atomic mass is 32.2. The van der Waals surface area contributed by atoms with Crippen molar-refractivity contribution in [2.24, 2.45) is 0 Å². The van der Waals surface area contributed by atoms with Crippen molar-refractivity contribution in [2.45, 2.75) is 17.9 Å². The van der Waals surface area contributed by atoms with E-state index < -0.39 is 27.9 Å². The summed E-state index contributed by atoms with van der Waals surface area (Å²) in [5.74, 6) is -1.21. The van der Waals surface area contributed by atoms with Gasteiger partial charge in [0.05, 0.1) is 18.0 Å². The summed E-state index contributed by atoms with van der Waals surface area (Å²) in [6.45, 7) is 1.75. The monoisotopic (exact) mass is 460 g/mol. The molecule has 1 unspecified atom stereocenters. The second-order valence-electron chi connectivity index (χ2n) is 7.56. The second kappa shape index (κ2) is 7.90. The Morgan fingerprint density at radius 1 is 0.909 bits per heavy atom. The van der Waals surface area contributed by atoms with Crippen molar-refractivity contribution in [1.82, 2.24) is 3.97 Å². The van der Waals surface area contributed by atoms with E-state index in [1.54, 1.807) is 31.2 Å². The van der Waals surface area contributed by atoms with Gasteiger partial charge in [-0.05, 0) is 48.0 Å². The van der Waals surface area contributed by atoms with E-state index in [1.165, 1.54) is 35.4 Å². The summed E-state index contributed by atoms with van der Waals surface area (Å²) in [7, 11) is -4.05. The zero-order valence-electron chi connectivity index (χ0n) is 17.7. The van der Waals surface area contributed by atoms with Gasteiger partial charge in [0.1, 0.15) is 4.90 Å². The Balaban J connectivity index is 1.83. The van der Waals surface area contributed by atoms with Gasteiger partial charge in [-0.15, -0.1) is 0 Å². The van der Waals surface area contributed by atoms with E-state index in [2.05, 4.69) is 0 Å². The first-order valence-electron chi connectivity index (χ1n) is 10.4. The lowest BCUT2D eigenvalue weighted by molar-refractivity contribution is -0.144. The number of carbonyl (C=O) groups is 2. The molecule has 166 valence electrons. The highest BCUT2D eigenvalue weighted by Gasteiger charge is 2.43. The second-order valence-corrected chi connectivity index (χ2v) is 9.34. The lowest BCUT2D eigenvalue weighted by atomic mass is 10.0. The number of rotatable bonds is 3. The Labute approximate surface area is 190 Å². The van der Waals surface area contributed by atoms with Crippen LogP contribution in [-0.4, -0.2) is 30.9 Å². The van der Waals surface area contributed by atoms with E-state index in [4.69, 9.17) is 4.74 Å². The Kier molecular flexibility index (Phi) is 5.02. The van der Waals surface area contributed by atoms with Gasteiger partial charge in [0.2, 0.25) is 0 Å². The molecule has 0 saturated carbocycles. The molecule has 1 aliphatic rings. The maximum atomic E-state index is 14.1. The van der Waals surface area contributed by atoms with Gasteiger partial charge in [-0.2, -0.15) is 0 Å². The van der Waals surface area contributed by atoms with Gasteiger partial charge in [0.15, 0.2) is 6.04 Å². The molecule has 0 saturated heterocycles. The molecule has 7 nitrogen and oxygen atoms in total. The lowest BCUT2D eigenvalue weighted by Crippen LogP contribution is -2.40. The number of hydrogen-bond donors (Lipinski definition) is 0. The normalized spacial score (nSPS) is 16.5. The highest BCUT2D eigenvalue weighted by molar-refractivity contribution is 7.90. The summed E-state index contributed by atoms with van der Waals surface area (Å²) < 4.78 is 33.3. The van der Waals surface area contributed by atoms with Crippen molar-refractivity contribution in [3.63, 3.8) is 0 Å². The average molecular weight is 461 g/mol. The SMILES string of the molecule is CCOC(=O)C1c2cccn2S(=O)(=O)c2ccccc2N1C(=O)c1cccc2ccccc12. The van der Waals surface area contributed by atoms with Gasteiger partial charge in [0, 0.05) is 11.8 Å². The number of aromatic nitrogens is 1. The van der Waals surface area contributed by atoms with Crippen LogP contribution in [0, 0.1) is 0 Å². The van der Waals surface area contributed by atoms with E-state index in [9.17, 15) is 18.0 Å². The fourth-order valence-corrected chi connectivity index (χ4v) is 5.84. The number of anilines is 1. The molecule has 0 aliphatic carbocycles. The van der Waals surface area contributed by atoms with Crippen LogP contribution in [0.4, 0.5) is 5.69 Å². The molecule has 0 radical (unpaired) electrons. The molecule has 33 heavy (non-hydrogen) atoms. The fourth-order valence-electron chi connectivity index (χ4n) is 4.28. The summed E-state index contributed by atoms with van der Waals surface area (Å²) in [5.41, 5.74) is 0.616. The molecular weight excluding hydrogens is 440 g/mol.